The summed E-state index contributed by atoms with van der Waals surface area (Å²) in [6.07, 6.45) is 1.69. The summed E-state index contributed by atoms with van der Waals surface area (Å²) in [7, 11) is 0. The predicted octanol–water partition coefficient (Wildman–Crippen LogP) is 0.514. The lowest BCUT2D eigenvalue weighted by Crippen LogP contribution is -2.12. The molecule has 2 rings (SSSR count). The highest BCUT2D eigenvalue weighted by Crippen LogP contribution is 2.30. The fourth-order valence-corrected chi connectivity index (χ4v) is 1.79. The predicted molar refractivity (Wildman–Crippen MR) is 52.6 cm³/mol. The Hall–Kier alpha value is -1.50. The normalized spacial score (nSPS) is 14.9. The third-order valence-electron chi connectivity index (χ3n) is 1.95. The largest absolute Gasteiger partial charge is 0.481 e. The second kappa shape index (κ2) is 3.93. The van der Waals surface area contributed by atoms with Gasteiger partial charge in [-0.3, -0.25) is 9.59 Å². The van der Waals surface area contributed by atoms with Crippen molar-refractivity contribution in [1.82, 2.24) is 10.2 Å². The molecule has 7 heteroatoms. The van der Waals surface area contributed by atoms with E-state index in [-0.39, 0.29) is 18.2 Å². The molecule has 80 valence electrons. The van der Waals surface area contributed by atoms with Crippen molar-refractivity contribution in [2.75, 3.05) is 5.32 Å². The van der Waals surface area contributed by atoms with Crippen molar-refractivity contribution in [3.05, 3.63) is 5.01 Å². The molecule has 1 aromatic rings. The van der Waals surface area contributed by atoms with Crippen molar-refractivity contribution in [3.63, 3.8) is 0 Å². The number of carboxylic acids is 1. The lowest BCUT2D eigenvalue weighted by molar-refractivity contribution is -0.136. The number of nitrogens with one attached hydrogen (secondary N) is 1. The molecule has 1 saturated carbocycles. The van der Waals surface area contributed by atoms with E-state index in [4.69, 9.17) is 5.11 Å². The minimum absolute atomic E-state index is 0.0481. The maximum absolute atomic E-state index is 11.3. The van der Waals surface area contributed by atoms with Crippen LogP contribution in [0.3, 0.4) is 0 Å². The Balaban J connectivity index is 1.94. The van der Waals surface area contributed by atoms with Crippen LogP contribution in [-0.2, 0) is 16.0 Å². The van der Waals surface area contributed by atoms with Crippen LogP contribution < -0.4 is 5.32 Å². The van der Waals surface area contributed by atoms with E-state index in [9.17, 15) is 9.59 Å². The van der Waals surface area contributed by atoms with Crippen molar-refractivity contribution in [2.24, 2.45) is 5.92 Å². The van der Waals surface area contributed by atoms with E-state index in [1.54, 1.807) is 0 Å². The molecule has 0 saturated heterocycles. The summed E-state index contributed by atoms with van der Waals surface area (Å²) in [5, 5.41) is 19.2. The molecule has 15 heavy (non-hydrogen) atoms. The number of nitrogens with zero attached hydrogens (tertiary/aromatic N) is 2. The van der Waals surface area contributed by atoms with Crippen LogP contribution in [0.4, 0.5) is 5.13 Å². The van der Waals surface area contributed by atoms with Gasteiger partial charge in [0.05, 0.1) is 6.42 Å². The van der Waals surface area contributed by atoms with Gasteiger partial charge >= 0.3 is 5.97 Å². The summed E-state index contributed by atoms with van der Waals surface area (Å²) >= 11 is 1.10. The second-order valence-electron chi connectivity index (χ2n) is 3.33. The maximum Gasteiger partial charge on any atom is 0.310 e. The van der Waals surface area contributed by atoms with Crippen LogP contribution in [0.2, 0.25) is 0 Å². The van der Waals surface area contributed by atoms with Gasteiger partial charge in [0.2, 0.25) is 11.0 Å². The smallest absolute Gasteiger partial charge is 0.310 e. The quantitative estimate of drug-likeness (QED) is 0.782. The Kier molecular flexibility index (Phi) is 2.63. The molecule has 1 aromatic heterocycles. The summed E-state index contributed by atoms with van der Waals surface area (Å²) in [6.45, 7) is 0. The zero-order valence-electron chi connectivity index (χ0n) is 7.77. The molecule has 6 nitrogen and oxygen atoms in total. The Bertz CT molecular complexity index is 400. The molecule has 1 amide bonds. The number of amides is 1. The first kappa shape index (κ1) is 10.0. The second-order valence-corrected chi connectivity index (χ2v) is 4.40. The number of hydrogen-bond acceptors (Lipinski definition) is 5. The summed E-state index contributed by atoms with van der Waals surface area (Å²) in [5.41, 5.74) is 0. The van der Waals surface area contributed by atoms with Crippen LogP contribution in [0, 0.1) is 5.92 Å². The van der Waals surface area contributed by atoms with Crippen molar-refractivity contribution >= 4 is 28.3 Å². The van der Waals surface area contributed by atoms with Gasteiger partial charge in [-0.2, -0.15) is 0 Å². The molecule has 0 unspecified atom stereocenters. The lowest BCUT2D eigenvalue weighted by Gasteiger charge is -1.95. The first-order valence-electron chi connectivity index (χ1n) is 4.50. The van der Waals surface area contributed by atoms with Gasteiger partial charge in [0, 0.05) is 5.92 Å². The summed E-state index contributed by atoms with van der Waals surface area (Å²) < 4.78 is 0. The molecule has 0 radical (unpaired) electrons. The number of anilines is 1. The van der Waals surface area contributed by atoms with Crippen LogP contribution in [0.1, 0.15) is 17.8 Å². The molecule has 1 aliphatic carbocycles. The van der Waals surface area contributed by atoms with Gasteiger partial charge in [-0.1, -0.05) is 11.3 Å². The van der Waals surface area contributed by atoms with Crippen LogP contribution in [0.5, 0.6) is 0 Å². The number of aromatic nitrogens is 2. The van der Waals surface area contributed by atoms with E-state index >= 15 is 0 Å². The highest BCUT2D eigenvalue weighted by molar-refractivity contribution is 7.15. The van der Waals surface area contributed by atoms with Crippen molar-refractivity contribution < 1.29 is 14.7 Å². The third-order valence-corrected chi connectivity index (χ3v) is 2.79. The van der Waals surface area contributed by atoms with E-state index in [1.165, 1.54) is 0 Å². The van der Waals surface area contributed by atoms with Crippen LogP contribution in [0.15, 0.2) is 0 Å². The van der Waals surface area contributed by atoms with Gasteiger partial charge in [-0.05, 0) is 12.8 Å². The van der Waals surface area contributed by atoms with E-state index in [0.29, 0.717) is 10.1 Å². The topological polar surface area (TPSA) is 92.2 Å². The van der Waals surface area contributed by atoms with Crippen LogP contribution in [-0.4, -0.2) is 27.2 Å². The van der Waals surface area contributed by atoms with Gasteiger partial charge in [0.25, 0.3) is 0 Å². The van der Waals surface area contributed by atoms with Gasteiger partial charge in [0.15, 0.2) is 0 Å². The van der Waals surface area contributed by atoms with Crippen molar-refractivity contribution in [1.29, 1.82) is 0 Å². The van der Waals surface area contributed by atoms with Gasteiger partial charge in [0.1, 0.15) is 5.01 Å². The van der Waals surface area contributed by atoms with Gasteiger partial charge < -0.3 is 10.4 Å². The Morgan fingerprint density at radius 2 is 2.20 bits per heavy atom. The Labute approximate surface area is 89.3 Å². The molecule has 1 fully saturated rings. The minimum Gasteiger partial charge on any atom is -0.481 e. The summed E-state index contributed by atoms with van der Waals surface area (Å²) in [4.78, 5) is 21.7. The van der Waals surface area contributed by atoms with Gasteiger partial charge in [-0.15, -0.1) is 10.2 Å². The molecular weight excluding hydrogens is 218 g/mol. The van der Waals surface area contributed by atoms with E-state index in [2.05, 4.69) is 15.5 Å². The number of carboxylic acid groups (broad SMARTS) is 1. The first-order chi connectivity index (χ1) is 7.15. The molecule has 0 aromatic carbocycles. The highest BCUT2D eigenvalue weighted by Gasteiger charge is 2.30. The average molecular weight is 227 g/mol. The maximum atomic E-state index is 11.3. The zero-order valence-corrected chi connectivity index (χ0v) is 8.58. The summed E-state index contributed by atoms with van der Waals surface area (Å²) in [6, 6.07) is 0. The molecule has 0 atom stereocenters. The fraction of sp³-hybridized carbons (Fsp3) is 0.500. The van der Waals surface area contributed by atoms with Crippen LogP contribution >= 0.6 is 11.3 Å². The fourth-order valence-electron chi connectivity index (χ4n) is 1.06. The molecule has 0 spiro atoms. The zero-order chi connectivity index (χ0) is 10.8. The Morgan fingerprint density at radius 1 is 1.47 bits per heavy atom. The molecule has 1 aliphatic rings. The van der Waals surface area contributed by atoms with Crippen LogP contribution in [0.25, 0.3) is 0 Å². The first-order valence-corrected chi connectivity index (χ1v) is 5.32. The molecular formula is C8H9N3O3S. The number of hydrogen-bond donors (Lipinski definition) is 2. The highest BCUT2D eigenvalue weighted by atomic mass is 32.1. The number of carbonyl (C=O) groups is 2. The Morgan fingerprint density at radius 3 is 2.80 bits per heavy atom. The van der Waals surface area contributed by atoms with E-state index < -0.39 is 5.97 Å². The molecule has 1 heterocycles. The summed E-state index contributed by atoms with van der Waals surface area (Å²) in [5.74, 6) is -0.893. The number of carbonyl (C=O) groups excluding carboxylic acids is 1. The van der Waals surface area contributed by atoms with Gasteiger partial charge in [-0.25, -0.2) is 0 Å². The third kappa shape index (κ3) is 2.72. The monoisotopic (exact) mass is 227 g/mol. The van der Waals surface area contributed by atoms with E-state index in [0.717, 1.165) is 24.2 Å². The molecule has 2 N–H and O–H groups in total. The molecule has 0 bridgehead atoms. The van der Waals surface area contributed by atoms with Crippen molar-refractivity contribution in [3.8, 4) is 0 Å². The average Bonchev–Trinajstić information content (AvgIpc) is 2.90. The number of rotatable bonds is 4. The lowest BCUT2D eigenvalue weighted by atomic mass is 10.4. The standard InChI is InChI=1S/C8H9N3O3S/c12-6(13)3-5-10-11-8(15-5)9-7(14)4-1-2-4/h4H,1-3H2,(H,12,13)(H,9,11,14). The van der Waals surface area contributed by atoms with Crippen molar-refractivity contribution in [2.45, 2.75) is 19.3 Å². The van der Waals surface area contributed by atoms with E-state index in [1.807, 2.05) is 0 Å². The molecule has 0 aliphatic heterocycles. The number of aliphatic carboxylic acids is 1. The minimum atomic E-state index is -0.953. The SMILES string of the molecule is O=C(O)Cc1nnc(NC(=O)C2CC2)s1.